The van der Waals surface area contributed by atoms with Gasteiger partial charge in [0.2, 0.25) is 0 Å². The minimum atomic E-state index is -0.131. The second-order valence-electron chi connectivity index (χ2n) is 5.32. The number of hydrogen-bond donors (Lipinski definition) is 2. The zero-order valence-corrected chi connectivity index (χ0v) is 12.5. The molecule has 0 saturated heterocycles. The zero-order valence-electron chi connectivity index (χ0n) is 11.8. The zero-order chi connectivity index (χ0) is 14.5. The minimum Gasteiger partial charge on any atom is -0.376 e. The Morgan fingerprint density at radius 1 is 1.50 bits per heavy atom. The Morgan fingerprint density at radius 3 is 2.80 bits per heavy atom. The Bertz CT molecular complexity index is 453. The van der Waals surface area contributed by atoms with E-state index in [-0.39, 0.29) is 12.0 Å². The highest BCUT2D eigenvalue weighted by atomic mass is 35.5. The molecule has 0 radical (unpaired) electrons. The third-order valence-corrected chi connectivity index (χ3v) is 3.87. The van der Waals surface area contributed by atoms with Crippen LogP contribution in [0.3, 0.4) is 0 Å². The van der Waals surface area contributed by atoms with Crippen LogP contribution in [0.4, 0.5) is 0 Å². The number of hydrogen-bond acceptors (Lipinski definition) is 3. The monoisotopic (exact) mass is 299 g/mol. The summed E-state index contributed by atoms with van der Waals surface area (Å²) in [5, 5.41) is 3.40. The van der Waals surface area contributed by atoms with E-state index in [0.29, 0.717) is 29.9 Å². The van der Waals surface area contributed by atoms with Gasteiger partial charge in [0.25, 0.3) is 5.91 Å². The summed E-state index contributed by atoms with van der Waals surface area (Å²) < 4.78 is 7.46. The van der Waals surface area contributed by atoms with Crippen LogP contribution in [0.15, 0.2) is 12.3 Å². The van der Waals surface area contributed by atoms with Crippen LogP contribution in [0.5, 0.6) is 0 Å². The average molecular weight is 300 g/mol. The summed E-state index contributed by atoms with van der Waals surface area (Å²) in [6, 6.07) is 1.98. The molecule has 1 fully saturated rings. The van der Waals surface area contributed by atoms with Gasteiger partial charge >= 0.3 is 0 Å². The van der Waals surface area contributed by atoms with Crippen molar-refractivity contribution in [2.24, 2.45) is 12.8 Å². The van der Waals surface area contributed by atoms with Gasteiger partial charge in [-0.1, -0.05) is 11.6 Å². The number of carbonyl (C=O) groups excluding carboxylic acids is 1. The van der Waals surface area contributed by atoms with Crippen LogP contribution in [0.1, 0.15) is 36.2 Å². The molecule has 1 saturated carbocycles. The third-order valence-electron chi connectivity index (χ3n) is 3.66. The van der Waals surface area contributed by atoms with Gasteiger partial charge in [-0.05, 0) is 31.7 Å². The van der Waals surface area contributed by atoms with Crippen LogP contribution in [-0.4, -0.2) is 35.8 Å². The van der Waals surface area contributed by atoms with Crippen LogP contribution in [-0.2, 0) is 11.8 Å². The van der Waals surface area contributed by atoms with E-state index < -0.39 is 0 Å². The van der Waals surface area contributed by atoms with Crippen LogP contribution >= 0.6 is 11.6 Å². The molecule has 0 unspecified atom stereocenters. The Labute approximate surface area is 124 Å². The molecule has 1 aromatic heterocycles. The van der Waals surface area contributed by atoms with Gasteiger partial charge in [-0.3, -0.25) is 4.79 Å². The fourth-order valence-electron chi connectivity index (χ4n) is 2.49. The number of ether oxygens (including phenoxy) is 1. The molecule has 20 heavy (non-hydrogen) atoms. The molecule has 2 rings (SSSR count). The van der Waals surface area contributed by atoms with E-state index in [0.717, 1.165) is 25.7 Å². The molecule has 1 amide bonds. The maximum Gasteiger partial charge on any atom is 0.268 e. The minimum absolute atomic E-state index is 0.131. The first-order valence-electron chi connectivity index (χ1n) is 7.03. The molecule has 1 aliphatic rings. The number of aromatic nitrogens is 1. The van der Waals surface area contributed by atoms with Crippen molar-refractivity contribution in [1.29, 1.82) is 0 Å². The van der Waals surface area contributed by atoms with Crippen LogP contribution in [0, 0.1) is 0 Å². The molecular weight excluding hydrogens is 278 g/mol. The summed E-state index contributed by atoms with van der Waals surface area (Å²) in [5.41, 5.74) is 6.40. The van der Waals surface area contributed by atoms with Gasteiger partial charge < -0.3 is 20.4 Å². The number of nitrogens with zero attached hydrogens (tertiary/aromatic N) is 1. The molecule has 0 atom stereocenters. The highest BCUT2D eigenvalue weighted by Crippen LogP contribution is 2.19. The third kappa shape index (κ3) is 4.23. The SMILES string of the molecule is Cn1cc(Cl)cc1C(=O)NCCOC1CCC(N)CC1. The van der Waals surface area contributed by atoms with E-state index in [1.807, 2.05) is 0 Å². The molecule has 1 aromatic rings. The summed E-state index contributed by atoms with van der Waals surface area (Å²) in [6.07, 6.45) is 6.08. The highest BCUT2D eigenvalue weighted by Gasteiger charge is 2.18. The van der Waals surface area contributed by atoms with E-state index in [4.69, 9.17) is 22.1 Å². The summed E-state index contributed by atoms with van der Waals surface area (Å²) in [6.45, 7) is 1.04. The van der Waals surface area contributed by atoms with Crippen molar-refractivity contribution in [2.45, 2.75) is 37.8 Å². The second kappa shape index (κ2) is 7.11. The molecule has 1 heterocycles. The lowest BCUT2D eigenvalue weighted by atomic mass is 9.94. The Morgan fingerprint density at radius 2 is 2.20 bits per heavy atom. The number of nitrogens with one attached hydrogen (secondary N) is 1. The Hall–Kier alpha value is -1.04. The molecule has 0 spiro atoms. The van der Waals surface area contributed by atoms with Crippen molar-refractivity contribution in [3.63, 3.8) is 0 Å². The van der Waals surface area contributed by atoms with Crippen molar-refractivity contribution in [1.82, 2.24) is 9.88 Å². The number of rotatable bonds is 5. The van der Waals surface area contributed by atoms with Gasteiger partial charge in [0.1, 0.15) is 5.69 Å². The van der Waals surface area contributed by atoms with Gasteiger partial charge in [-0.15, -0.1) is 0 Å². The van der Waals surface area contributed by atoms with Gasteiger partial charge in [0, 0.05) is 25.8 Å². The first kappa shape index (κ1) is 15.4. The lowest BCUT2D eigenvalue weighted by molar-refractivity contribution is 0.0267. The van der Waals surface area contributed by atoms with E-state index in [1.54, 1.807) is 23.9 Å². The van der Waals surface area contributed by atoms with Gasteiger partial charge in [-0.2, -0.15) is 0 Å². The molecule has 5 nitrogen and oxygen atoms in total. The van der Waals surface area contributed by atoms with Crippen molar-refractivity contribution in [3.8, 4) is 0 Å². The van der Waals surface area contributed by atoms with Crippen molar-refractivity contribution in [2.75, 3.05) is 13.2 Å². The average Bonchev–Trinajstić information content (AvgIpc) is 2.75. The van der Waals surface area contributed by atoms with Gasteiger partial charge in [0.05, 0.1) is 17.7 Å². The Kier molecular flexibility index (Phi) is 5.46. The maximum atomic E-state index is 11.9. The number of amides is 1. The molecule has 0 bridgehead atoms. The predicted octanol–water partition coefficient (Wildman–Crippen LogP) is 1.69. The lowest BCUT2D eigenvalue weighted by Gasteiger charge is -2.26. The lowest BCUT2D eigenvalue weighted by Crippen LogP contribution is -2.33. The van der Waals surface area contributed by atoms with E-state index in [9.17, 15) is 4.79 Å². The number of halogens is 1. The molecule has 0 aliphatic heterocycles. The van der Waals surface area contributed by atoms with Crippen LogP contribution < -0.4 is 11.1 Å². The molecule has 112 valence electrons. The second-order valence-corrected chi connectivity index (χ2v) is 5.75. The van der Waals surface area contributed by atoms with Gasteiger partial charge in [-0.25, -0.2) is 0 Å². The maximum absolute atomic E-state index is 11.9. The predicted molar refractivity (Wildman–Crippen MR) is 78.9 cm³/mol. The van der Waals surface area contributed by atoms with E-state index >= 15 is 0 Å². The summed E-state index contributed by atoms with van der Waals surface area (Å²) in [5.74, 6) is -0.131. The molecule has 3 N–H and O–H groups in total. The van der Waals surface area contributed by atoms with Crippen LogP contribution in [0.2, 0.25) is 5.02 Å². The van der Waals surface area contributed by atoms with Crippen molar-refractivity contribution < 1.29 is 9.53 Å². The standard InChI is InChI=1S/C14H22ClN3O2/c1-18-9-10(15)8-13(18)14(19)17-6-7-20-12-4-2-11(16)3-5-12/h8-9,11-12H,2-7,16H2,1H3,(H,17,19). The van der Waals surface area contributed by atoms with Gasteiger partial charge in [0.15, 0.2) is 0 Å². The molecular formula is C14H22ClN3O2. The van der Waals surface area contributed by atoms with E-state index in [1.165, 1.54) is 0 Å². The number of carbonyl (C=O) groups is 1. The van der Waals surface area contributed by atoms with Crippen molar-refractivity contribution in [3.05, 3.63) is 23.0 Å². The summed E-state index contributed by atoms with van der Waals surface area (Å²) in [4.78, 5) is 11.9. The first-order chi connectivity index (χ1) is 9.56. The normalized spacial score (nSPS) is 22.8. The molecule has 1 aliphatic carbocycles. The van der Waals surface area contributed by atoms with E-state index in [2.05, 4.69) is 5.32 Å². The topological polar surface area (TPSA) is 69.3 Å². The summed E-state index contributed by atoms with van der Waals surface area (Å²) in [7, 11) is 1.79. The summed E-state index contributed by atoms with van der Waals surface area (Å²) >= 11 is 5.85. The Balaban J connectivity index is 1.66. The molecule has 6 heteroatoms. The number of nitrogens with two attached hydrogens (primary N) is 1. The fourth-order valence-corrected chi connectivity index (χ4v) is 2.74. The smallest absolute Gasteiger partial charge is 0.268 e. The number of aryl methyl sites for hydroxylation is 1. The van der Waals surface area contributed by atoms with Crippen molar-refractivity contribution >= 4 is 17.5 Å². The first-order valence-corrected chi connectivity index (χ1v) is 7.41. The quantitative estimate of drug-likeness (QED) is 0.813. The van der Waals surface area contributed by atoms with Crippen LogP contribution in [0.25, 0.3) is 0 Å². The highest BCUT2D eigenvalue weighted by molar-refractivity contribution is 6.31. The molecule has 0 aromatic carbocycles. The fraction of sp³-hybridized carbons (Fsp3) is 0.643. The largest absolute Gasteiger partial charge is 0.376 e.